The first kappa shape index (κ1) is 14.4. The summed E-state index contributed by atoms with van der Waals surface area (Å²) in [4.78, 5) is 14.3. The molecule has 2 aromatic rings. The zero-order valence-electron chi connectivity index (χ0n) is 12.3. The maximum Gasteiger partial charge on any atom is 0.227 e. The van der Waals surface area contributed by atoms with Gasteiger partial charge in [-0.3, -0.25) is 4.79 Å². The summed E-state index contributed by atoms with van der Waals surface area (Å²) in [6.45, 7) is 6.61. The number of benzene rings is 1. The lowest BCUT2D eigenvalue weighted by atomic mass is 10.1. The predicted molar refractivity (Wildman–Crippen MR) is 79.3 cm³/mol. The number of aryl methyl sites for hydroxylation is 1. The Bertz CT molecular complexity index is 558. The van der Waals surface area contributed by atoms with Crippen molar-refractivity contribution in [3.05, 3.63) is 59.5 Å². The second kappa shape index (κ2) is 6.42. The van der Waals surface area contributed by atoms with E-state index in [1.807, 2.05) is 56.0 Å². The SMILES string of the molecule is Cc1cccc(CC(=O)N(Cc2ccco2)C(C)C)c1. The van der Waals surface area contributed by atoms with Crippen LogP contribution in [0, 0.1) is 6.92 Å². The minimum atomic E-state index is 0.127. The molecule has 0 fully saturated rings. The molecule has 0 saturated heterocycles. The van der Waals surface area contributed by atoms with Crippen LogP contribution < -0.4 is 0 Å². The predicted octanol–water partition coefficient (Wildman–Crippen LogP) is 3.57. The van der Waals surface area contributed by atoms with Crippen LogP contribution in [-0.4, -0.2) is 16.8 Å². The van der Waals surface area contributed by atoms with Gasteiger partial charge in [0.1, 0.15) is 5.76 Å². The first-order valence-corrected chi connectivity index (χ1v) is 6.93. The monoisotopic (exact) mass is 271 g/mol. The van der Waals surface area contributed by atoms with E-state index in [0.29, 0.717) is 13.0 Å². The minimum absolute atomic E-state index is 0.127. The lowest BCUT2D eigenvalue weighted by molar-refractivity contribution is -0.133. The molecule has 0 aliphatic carbocycles. The fourth-order valence-corrected chi connectivity index (χ4v) is 2.23. The van der Waals surface area contributed by atoms with Crippen molar-refractivity contribution in [3.8, 4) is 0 Å². The summed E-state index contributed by atoms with van der Waals surface area (Å²) in [5.74, 6) is 0.943. The van der Waals surface area contributed by atoms with Gasteiger partial charge < -0.3 is 9.32 Å². The number of amides is 1. The highest BCUT2D eigenvalue weighted by Gasteiger charge is 2.18. The van der Waals surface area contributed by atoms with E-state index in [1.165, 1.54) is 5.56 Å². The molecule has 1 aromatic heterocycles. The molecule has 2 rings (SSSR count). The van der Waals surface area contributed by atoms with Gasteiger partial charge >= 0.3 is 0 Å². The number of furan rings is 1. The van der Waals surface area contributed by atoms with Crippen molar-refractivity contribution in [2.45, 2.75) is 39.8 Å². The summed E-state index contributed by atoms with van der Waals surface area (Å²) in [5.41, 5.74) is 2.23. The maximum absolute atomic E-state index is 12.5. The van der Waals surface area contributed by atoms with Gasteiger partial charge in [0.2, 0.25) is 5.91 Å². The third kappa shape index (κ3) is 3.73. The molecule has 1 heterocycles. The molecule has 0 spiro atoms. The lowest BCUT2D eigenvalue weighted by Gasteiger charge is -2.26. The topological polar surface area (TPSA) is 33.5 Å². The highest BCUT2D eigenvalue weighted by molar-refractivity contribution is 5.79. The van der Waals surface area contributed by atoms with Crippen molar-refractivity contribution in [2.75, 3.05) is 0 Å². The average Bonchev–Trinajstić information content (AvgIpc) is 2.88. The van der Waals surface area contributed by atoms with Crippen LogP contribution >= 0.6 is 0 Å². The summed E-state index contributed by atoms with van der Waals surface area (Å²) in [6, 6.07) is 12.0. The van der Waals surface area contributed by atoms with E-state index in [2.05, 4.69) is 6.07 Å². The van der Waals surface area contributed by atoms with Gasteiger partial charge in [0.25, 0.3) is 0 Å². The Morgan fingerprint density at radius 3 is 2.65 bits per heavy atom. The van der Waals surface area contributed by atoms with Crippen molar-refractivity contribution in [1.29, 1.82) is 0 Å². The quantitative estimate of drug-likeness (QED) is 0.833. The van der Waals surface area contributed by atoms with Gasteiger partial charge in [-0.25, -0.2) is 0 Å². The Morgan fingerprint density at radius 1 is 1.25 bits per heavy atom. The molecule has 1 aromatic carbocycles. The molecule has 1 amide bonds. The average molecular weight is 271 g/mol. The van der Waals surface area contributed by atoms with Gasteiger partial charge in [-0.05, 0) is 38.5 Å². The number of nitrogens with zero attached hydrogens (tertiary/aromatic N) is 1. The van der Waals surface area contributed by atoms with Crippen LogP contribution in [0.15, 0.2) is 47.1 Å². The normalized spacial score (nSPS) is 10.8. The van der Waals surface area contributed by atoms with Gasteiger partial charge in [-0.15, -0.1) is 0 Å². The smallest absolute Gasteiger partial charge is 0.227 e. The van der Waals surface area contributed by atoms with Gasteiger partial charge in [-0.1, -0.05) is 29.8 Å². The first-order chi connectivity index (χ1) is 9.56. The molecule has 0 N–H and O–H groups in total. The minimum Gasteiger partial charge on any atom is -0.467 e. The van der Waals surface area contributed by atoms with Crippen molar-refractivity contribution in [1.82, 2.24) is 4.90 Å². The Balaban J connectivity index is 2.07. The third-order valence-corrected chi connectivity index (χ3v) is 3.29. The zero-order chi connectivity index (χ0) is 14.5. The van der Waals surface area contributed by atoms with E-state index < -0.39 is 0 Å². The largest absolute Gasteiger partial charge is 0.467 e. The molecule has 0 unspecified atom stereocenters. The fraction of sp³-hybridized carbons (Fsp3) is 0.353. The molecule has 0 atom stereocenters. The molecule has 20 heavy (non-hydrogen) atoms. The van der Waals surface area contributed by atoms with E-state index in [-0.39, 0.29) is 11.9 Å². The second-order valence-electron chi connectivity index (χ2n) is 5.36. The Kier molecular flexibility index (Phi) is 4.61. The summed E-state index contributed by atoms with van der Waals surface area (Å²) >= 11 is 0. The summed E-state index contributed by atoms with van der Waals surface area (Å²) in [6.07, 6.45) is 2.07. The van der Waals surface area contributed by atoms with Crippen LogP contribution in [0.2, 0.25) is 0 Å². The van der Waals surface area contributed by atoms with Crippen molar-refractivity contribution in [2.24, 2.45) is 0 Å². The van der Waals surface area contributed by atoms with Crippen LogP contribution in [0.4, 0.5) is 0 Å². The molecule has 0 aliphatic rings. The second-order valence-corrected chi connectivity index (χ2v) is 5.36. The lowest BCUT2D eigenvalue weighted by Crippen LogP contribution is -2.37. The highest BCUT2D eigenvalue weighted by Crippen LogP contribution is 2.12. The van der Waals surface area contributed by atoms with Crippen LogP contribution in [0.1, 0.15) is 30.7 Å². The zero-order valence-corrected chi connectivity index (χ0v) is 12.3. The van der Waals surface area contributed by atoms with Crippen molar-refractivity contribution < 1.29 is 9.21 Å². The van der Waals surface area contributed by atoms with Crippen molar-refractivity contribution >= 4 is 5.91 Å². The molecule has 0 aliphatic heterocycles. The molecule has 0 bridgehead atoms. The summed E-state index contributed by atoms with van der Waals surface area (Å²) < 4.78 is 5.34. The Labute approximate surface area is 120 Å². The van der Waals surface area contributed by atoms with E-state index in [1.54, 1.807) is 6.26 Å². The number of rotatable bonds is 5. The third-order valence-electron chi connectivity index (χ3n) is 3.29. The van der Waals surface area contributed by atoms with Gasteiger partial charge in [0.05, 0.1) is 19.2 Å². The van der Waals surface area contributed by atoms with Gasteiger partial charge in [-0.2, -0.15) is 0 Å². The Morgan fingerprint density at radius 2 is 2.05 bits per heavy atom. The Hall–Kier alpha value is -2.03. The first-order valence-electron chi connectivity index (χ1n) is 6.93. The molecule has 3 nitrogen and oxygen atoms in total. The number of carbonyl (C=O) groups is 1. The molecule has 3 heteroatoms. The van der Waals surface area contributed by atoms with Crippen LogP contribution in [0.5, 0.6) is 0 Å². The molecule has 106 valence electrons. The molecule has 0 saturated carbocycles. The van der Waals surface area contributed by atoms with E-state index >= 15 is 0 Å². The van der Waals surface area contributed by atoms with Crippen LogP contribution in [-0.2, 0) is 17.8 Å². The summed E-state index contributed by atoms with van der Waals surface area (Å²) in [5, 5.41) is 0. The van der Waals surface area contributed by atoms with Gasteiger partial charge in [0, 0.05) is 6.04 Å². The van der Waals surface area contributed by atoms with Gasteiger partial charge in [0.15, 0.2) is 0 Å². The van der Waals surface area contributed by atoms with Crippen molar-refractivity contribution in [3.63, 3.8) is 0 Å². The standard InChI is InChI=1S/C17H21NO2/c1-13(2)18(12-16-8-5-9-20-16)17(19)11-15-7-4-6-14(3)10-15/h4-10,13H,11-12H2,1-3H3. The van der Waals surface area contributed by atoms with Crippen LogP contribution in [0.25, 0.3) is 0 Å². The number of hydrogen-bond acceptors (Lipinski definition) is 2. The molecule has 0 radical (unpaired) electrons. The number of hydrogen-bond donors (Lipinski definition) is 0. The summed E-state index contributed by atoms with van der Waals surface area (Å²) in [7, 11) is 0. The van der Waals surface area contributed by atoms with Crippen LogP contribution in [0.3, 0.4) is 0 Å². The maximum atomic E-state index is 12.5. The fourth-order valence-electron chi connectivity index (χ4n) is 2.23. The van der Waals surface area contributed by atoms with E-state index in [0.717, 1.165) is 11.3 Å². The molecular formula is C17H21NO2. The van der Waals surface area contributed by atoms with E-state index in [9.17, 15) is 4.79 Å². The highest BCUT2D eigenvalue weighted by atomic mass is 16.3. The number of carbonyl (C=O) groups excluding carboxylic acids is 1. The molecular weight excluding hydrogens is 250 g/mol. The van der Waals surface area contributed by atoms with E-state index in [4.69, 9.17) is 4.42 Å².